The first-order chi connectivity index (χ1) is 19.8. The lowest BCUT2D eigenvalue weighted by atomic mass is 9.99. The van der Waals surface area contributed by atoms with Gasteiger partial charge in [-0.3, -0.25) is 14.6 Å². The average Bonchev–Trinajstić information content (AvgIpc) is 3.31. The Labute approximate surface area is 240 Å². The molecular weight excluding hydrogens is 518 g/mol. The number of nitrogens with one attached hydrogen (secondary N) is 1. The number of carbonyl (C=O) groups is 3. The van der Waals surface area contributed by atoms with Gasteiger partial charge in [-0.15, -0.1) is 0 Å². The molecule has 0 radical (unpaired) electrons. The van der Waals surface area contributed by atoms with Crippen LogP contribution in [0.15, 0.2) is 85.4 Å². The summed E-state index contributed by atoms with van der Waals surface area (Å²) in [4.78, 5) is 44.1. The molecule has 2 aliphatic heterocycles. The van der Waals surface area contributed by atoms with E-state index in [1.807, 2.05) is 78.9 Å². The lowest BCUT2D eigenvalue weighted by Crippen LogP contribution is -2.62. The number of urea groups is 1. The highest BCUT2D eigenvalue weighted by Crippen LogP contribution is 2.37. The minimum Gasteiger partial charge on any atom is -0.333 e. The molecule has 0 aliphatic carbocycles. The zero-order valence-corrected chi connectivity index (χ0v) is 23.3. The Balaban J connectivity index is 1.45. The molecule has 10 nitrogen and oxygen atoms in total. The third-order valence-electron chi connectivity index (χ3n) is 7.62. The molecule has 212 valence electrons. The number of hydrogen-bond donors (Lipinski definition) is 2. The van der Waals surface area contributed by atoms with Gasteiger partial charge in [0.25, 0.3) is 5.91 Å². The van der Waals surface area contributed by atoms with Crippen LogP contribution in [-0.2, 0) is 22.7 Å². The number of amides is 4. The third-order valence-corrected chi connectivity index (χ3v) is 7.62. The van der Waals surface area contributed by atoms with E-state index in [-0.39, 0.29) is 37.5 Å². The number of rotatable bonds is 8. The number of carbonyl (C=O) groups excluding carboxylic acids is 3. The largest absolute Gasteiger partial charge is 0.333 e. The number of nitrogens with two attached hydrogens (primary N) is 1. The van der Waals surface area contributed by atoms with Crippen LogP contribution in [0.5, 0.6) is 0 Å². The lowest BCUT2D eigenvalue weighted by molar-refractivity contribution is -0.157. The van der Waals surface area contributed by atoms with E-state index in [1.54, 1.807) is 35.0 Å². The number of hydrazine groups is 2. The number of anilines is 1. The highest BCUT2D eigenvalue weighted by molar-refractivity contribution is 5.92. The maximum absolute atomic E-state index is 14.1. The molecule has 0 saturated carbocycles. The van der Waals surface area contributed by atoms with Crippen LogP contribution < -0.4 is 16.2 Å². The molecule has 0 bridgehead atoms. The van der Waals surface area contributed by atoms with Gasteiger partial charge in [0.1, 0.15) is 12.2 Å². The molecule has 5 rings (SSSR count). The second kappa shape index (κ2) is 11.8. The lowest BCUT2D eigenvalue weighted by Gasteiger charge is -2.46. The summed E-state index contributed by atoms with van der Waals surface area (Å²) < 4.78 is 0. The van der Waals surface area contributed by atoms with E-state index < -0.39 is 12.2 Å². The summed E-state index contributed by atoms with van der Waals surface area (Å²) in [5, 5.41) is 7.63. The van der Waals surface area contributed by atoms with Gasteiger partial charge in [-0.1, -0.05) is 91.5 Å². The topological polar surface area (TPSA) is 105 Å². The van der Waals surface area contributed by atoms with Crippen molar-refractivity contribution in [2.45, 2.75) is 25.3 Å². The first-order valence-electron chi connectivity index (χ1n) is 13.5. The molecule has 0 unspecified atom stereocenters. The van der Waals surface area contributed by atoms with Crippen LogP contribution in [0, 0.1) is 0 Å². The molecule has 2 heterocycles. The van der Waals surface area contributed by atoms with Crippen molar-refractivity contribution in [3.05, 3.63) is 108 Å². The monoisotopic (exact) mass is 553 g/mol. The Hall–Kier alpha value is -4.67. The number of nitrogens with zero attached hydrogens (tertiary/aromatic N) is 5. The van der Waals surface area contributed by atoms with Gasteiger partial charge in [-0.2, -0.15) is 5.01 Å². The van der Waals surface area contributed by atoms with Gasteiger partial charge < -0.3 is 20.1 Å². The van der Waals surface area contributed by atoms with E-state index in [0.717, 1.165) is 27.9 Å². The number of piperazine rings is 1. The van der Waals surface area contributed by atoms with Crippen molar-refractivity contribution in [3.63, 3.8) is 0 Å². The van der Waals surface area contributed by atoms with Crippen LogP contribution >= 0.6 is 0 Å². The zero-order valence-electron chi connectivity index (χ0n) is 23.3. The summed E-state index contributed by atoms with van der Waals surface area (Å²) in [7, 11) is 3.39. The molecule has 0 spiro atoms. The predicted octanol–water partition coefficient (Wildman–Crippen LogP) is 2.95. The normalized spacial score (nSPS) is 18.7. The van der Waals surface area contributed by atoms with Crippen molar-refractivity contribution < 1.29 is 14.4 Å². The SMILES string of the molecule is C=Cc1cccc(CN2C[C@H]3N(C(=O)CN3N(C)C(=O)NCc3ccccc3)[C@@H](c3ccccc3)C2=O)c1N(C)N. The second-order valence-corrected chi connectivity index (χ2v) is 10.2. The molecular formula is C31H35N7O3. The Morgan fingerprint density at radius 3 is 2.37 bits per heavy atom. The van der Waals surface area contributed by atoms with Crippen molar-refractivity contribution in [1.29, 1.82) is 0 Å². The molecule has 2 saturated heterocycles. The van der Waals surface area contributed by atoms with Crippen LogP contribution in [0.25, 0.3) is 6.08 Å². The van der Waals surface area contributed by atoms with Gasteiger partial charge in [-0.05, 0) is 22.3 Å². The number of benzene rings is 3. The maximum atomic E-state index is 14.1. The summed E-state index contributed by atoms with van der Waals surface area (Å²) in [6, 6.07) is 23.5. The van der Waals surface area contributed by atoms with Crippen molar-refractivity contribution in [2.24, 2.45) is 5.84 Å². The minimum atomic E-state index is -0.824. The third kappa shape index (κ3) is 5.52. The van der Waals surface area contributed by atoms with E-state index in [1.165, 1.54) is 10.0 Å². The summed E-state index contributed by atoms with van der Waals surface area (Å²) in [5.74, 6) is 5.79. The van der Waals surface area contributed by atoms with Crippen LogP contribution in [0.1, 0.15) is 28.3 Å². The van der Waals surface area contributed by atoms with Crippen molar-refractivity contribution in [1.82, 2.24) is 25.1 Å². The number of hydrogen-bond acceptors (Lipinski definition) is 6. The highest BCUT2D eigenvalue weighted by atomic mass is 16.2. The summed E-state index contributed by atoms with van der Waals surface area (Å²) >= 11 is 0. The van der Waals surface area contributed by atoms with Crippen molar-refractivity contribution in [2.75, 3.05) is 32.2 Å². The fraction of sp³-hybridized carbons (Fsp3) is 0.258. The second-order valence-electron chi connectivity index (χ2n) is 10.2. The maximum Gasteiger partial charge on any atom is 0.332 e. The van der Waals surface area contributed by atoms with Gasteiger partial charge >= 0.3 is 6.03 Å². The number of para-hydroxylation sites is 1. The van der Waals surface area contributed by atoms with Crippen molar-refractivity contribution in [3.8, 4) is 0 Å². The van der Waals surface area contributed by atoms with Crippen LogP contribution in [-0.4, -0.2) is 71.0 Å². The van der Waals surface area contributed by atoms with E-state index >= 15 is 0 Å². The van der Waals surface area contributed by atoms with Gasteiger partial charge in [0.2, 0.25) is 5.91 Å². The van der Waals surface area contributed by atoms with E-state index in [4.69, 9.17) is 5.84 Å². The fourth-order valence-corrected chi connectivity index (χ4v) is 5.64. The molecule has 2 fully saturated rings. The van der Waals surface area contributed by atoms with E-state index in [2.05, 4.69) is 11.9 Å². The van der Waals surface area contributed by atoms with E-state index in [0.29, 0.717) is 6.54 Å². The molecule has 10 heteroatoms. The first kappa shape index (κ1) is 27.9. The highest BCUT2D eigenvalue weighted by Gasteiger charge is 2.52. The fourth-order valence-electron chi connectivity index (χ4n) is 5.64. The molecule has 41 heavy (non-hydrogen) atoms. The van der Waals surface area contributed by atoms with Crippen LogP contribution in [0.3, 0.4) is 0 Å². The summed E-state index contributed by atoms with van der Waals surface area (Å²) in [5.41, 5.74) is 4.16. The van der Waals surface area contributed by atoms with Crippen LogP contribution in [0.2, 0.25) is 0 Å². The molecule has 2 aliphatic rings. The molecule has 3 N–H and O–H groups in total. The van der Waals surface area contributed by atoms with Gasteiger partial charge in [-0.25, -0.2) is 10.6 Å². The minimum absolute atomic E-state index is 0.0207. The van der Waals surface area contributed by atoms with Gasteiger partial charge in [0, 0.05) is 27.2 Å². The van der Waals surface area contributed by atoms with Crippen molar-refractivity contribution >= 4 is 29.6 Å². The molecule has 3 aromatic rings. The molecule has 4 amide bonds. The Bertz CT molecular complexity index is 1430. The summed E-state index contributed by atoms with van der Waals surface area (Å²) in [6.45, 7) is 4.73. The number of fused-ring (bicyclic) bond motifs is 1. The zero-order chi connectivity index (χ0) is 29.1. The standard InChI is InChI=1S/C31H35N7O3/c1-4-23-16-11-17-25(28(23)34(2)32)19-36-20-26-37(35(3)31(41)33-18-22-12-7-5-8-13-22)21-27(39)38(26)29(30(36)40)24-14-9-6-10-15-24/h4-17,26,29H,1,18-21,32H2,2-3H3,(H,33,41)/t26-,29+/m1/s1. The Morgan fingerprint density at radius 2 is 1.71 bits per heavy atom. The average molecular weight is 554 g/mol. The molecule has 2 atom stereocenters. The smallest absolute Gasteiger partial charge is 0.332 e. The van der Waals surface area contributed by atoms with Gasteiger partial charge in [0.15, 0.2) is 0 Å². The van der Waals surface area contributed by atoms with Crippen LogP contribution in [0.4, 0.5) is 10.5 Å². The predicted molar refractivity (Wildman–Crippen MR) is 158 cm³/mol. The van der Waals surface area contributed by atoms with E-state index in [9.17, 15) is 14.4 Å². The Kier molecular flexibility index (Phi) is 8.04. The molecule has 3 aromatic carbocycles. The Morgan fingerprint density at radius 1 is 1.02 bits per heavy atom. The quantitative estimate of drug-likeness (QED) is 0.328. The van der Waals surface area contributed by atoms with Gasteiger partial charge in [0.05, 0.1) is 18.8 Å². The summed E-state index contributed by atoms with van der Waals surface area (Å²) in [6.07, 6.45) is 1.19. The molecule has 0 aromatic heterocycles. The first-order valence-corrected chi connectivity index (χ1v) is 13.5.